The monoisotopic (exact) mass is 612 g/mol. The van der Waals surface area contributed by atoms with Crippen molar-refractivity contribution in [1.82, 2.24) is 0 Å². The SMILES string of the molecule is CC(C)(c1ccc(O)c(F)c1)c1ccc(OP(=O)([O-])Oc2ccc(C(C)(C)c3ccc(O)c(F)c3)cc2F)c(F)c1.[Na+]. The average Bonchev–Trinajstić information content (AvgIpc) is 2.89. The van der Waals surface area contributed by atoms with Gasteiger partial charge < -0.3 is 24.2 Å². The van der Waals surface area contributed by atoms with E-state index in [1.807, 2.05) is 0 Å². The zero-order chi connectivity index (χ0) is 30.3. The van der Waals surface area contributed by atoms with Crippen LogP contribution in [0.1, 0.15) is 49.9 Å². The van der Waals surface area contributed by atoms with E-state index < -0.39 is 64.9 Å². The third kappa shape index (κ3) is 6.96. The number of benzene rings is 4. The first-order valence-electron chi connectivity index (χ1n) is 12.3. The van der Waals surface area contributed by atoms with Gasteiger partial charge in [0.2, 0.25) is 0 Å². The van der Waals surface area contributed by atoms with Crippen molar-refractivity contribution in [2.24, 2.45) is 0 Å². The van der Waals surface area contributed by atoms with Gasteiger partial charge in [-0.05, 0) is 70.8 Å². The standard InChI is InChI=1S/C30H27F4O6P.Na/c1-29(2,17-5-9-25(35)21(31)13-17)19-7-11-27(23(33)15-19)39-41(37,38)40-28-12-8-20(16-24(28)34)30(3,4)18-6-10-26(36)22(32)14-18;/h5-16,35-36H,1-4H3,(H,37,38);/q;+1/p-1. The molecule has 4 aromatic carbocycles. The Morgan fingerprint density at radius 2 is 0.881 bits per heavy atom. The van der Waals surface area contributed by atoms with Crippen LogP contribution in [0.3, 0.4) is 0 Å². The van der Waals surface area contributed by atoms with Crippen LogP contribution in [0.25, 0.3) is 0 Å². The molecule has 0 spiro atoms. The molecule has 0 aliphatic carbocycles. The molecule has 42 heavy (non-hydrogen) atoms. The van der Waals surface area contributed by atoms with E-state index in [9.17, 15) is 37.2 Å². The quantitative estimate of drug-likeness (QED) is 0.176. The van der Waals surface area contributed by atoms with Crippen molar-refractivity contribution in [2.45, 2.75) is 38.5 Å². The van der Waals surface area contributed by atoms with Crippen LogP contribution in [0.5, 0.6) is 23.0 Å². The maximum atomic E-state index is 14.9. The smallest absolute Gasteiger partial charge is 0.736 e. The van der Waals surface area contributed by atoms with Crippen LogP contribution in [-0.2, 0) is 15.4 Å². The van der Waals surface area contributed by atoms with Gasteiger partial charge in [-0.25, -0.2) is 22.1 Å². The van der Waals surface area contributed by atoms with E-state index in [0.29, 0.717) is 22.3 Å². The zero-order valence-electron chi connectivity index (χ0n) is 23.4. The van der Waals surface area contributed by atoms with Gasteiger partial charge in [0.1, 0.15) is 0 Å². The molecule has 216 valence electrons. The minimum atomic E-state index is -5.33. The average molecular weight is 612 g/mol. The van der Waals surface area contributed by atoms with E-state index in [0.717, 1.165) is 36.4 Å². The molecule has 4 rings (SSSR count). The summed E-state index contributed by atoms with van der Waals surface area (Å²) in [5.41, 5.74) is -0.307. The third-order valence-electron chi connectivity index (χ3n) is 7.07. The van der Waals surface area contributed by atoms with Crippen molar-refractivity contribution < 1.29 is 75.8 Å². The fourth-order valence-corrected chi connectivity index (χ4v) is 5.13. The molecule has 0 heterocycles. The maximum absolute atomic E-state index is 14.9. The van der Waals surface area contributed by atoms with Crippen LogP contribution >= 0.6 is 7.82 Å². The van der Waals surface area contributed by atoms with Gasteiger partial charge >= 0.3 is 37.4 Å². The molecule has 4 aromatic rings. The summed E-state index contributed by atoms with van der Waals surface area (Å²) in [6, 6.07) is 14.4. The van der Waals surface area contributed by atoms with Crippen LogP contribution in [0.2, 0.25) is 0 Å². The van der Waals surface area contributed by atoms with E-state index in [2.05, 4.69) is 0 Å². The predicted molar refractivity (Wildman–Crippen MR) is 142 cm³/mol. The van der Waals surface area contributed by atoms with Crippen LogP contribution in [0.4, 0.5) is 17.6 Å². The molecule has 0 aromatic heterocycles. The Morgan fingerprint density at radius 1 is 0.595 bits per heavy atom. The Balaban J connectivity index is 0.00000484. The van der Waals surface area contributed by atoms with E-state index in [1.54, 1.807) is 27.7 Å². The number of phosphoric acid groups is 1. The Labute approximate surface area is 262 Å². The van der Waals surface area contributed by atoms with Crippen molar-refractivity contribution in [3.8, 4) is 23.0 Å². The molecule has 0 amide bonds. The summed E-state index contributed by atoms with van der Waals surface area (Å²) in [7, 11) is -5.33. The third-order valence-corrected chi connectivity index (χ3v) is 7.91. The first-order chi connectivity index (χ1) is 19.0. The second kappa shape index (κ2) is 12.3. The molecule has 0 radical (unpaired) electrons. The minimum absolute atomic E-state index is 0. The number of phosphoric ester groups is 1. The Bertz CT molecular complexity index is 1560. The second-order valence-electron chi connectivity index (χ2n) is 10.5. The summed E-state index contributed by atoms with van der Waals surface area (Å²) < 4.78 is 79.7. The maximum Gasteiger partial charge on any atom is 1.00 e. The summed E-state index contributed by atoms with van der Waals surface area (Å²) in [4.78, 5) is 12.5. The van der Waals surface area contributed by atoms with Gasteiger partial charge in [-0.15, -0.1) is 0 Å². The van der Waals surface area contributed by atoms with Gasteiger partial charge in [0.25, 0.3) is 0 Å². The molecule has 0 saturated carbocycles. The molecule has 0 saturated heterocycles. The summed E-state index contributed by atoms with van der Waals surface area (Å²) in [6.07, 6.45) is 0. The topological polar surface area (TPSA) is 99.1 Å². The minimum Gasteiger partial charge on any atom is -0.736 e. The van der Waals surface area contributed by atoms with E-state index >= 15 is 0 Å². The number of hydrogen-bond donors (Lipinski definition) is 2. The first kappa shape index (κ1) is 33.5. The predicted octanol–water partition coefficient (Wildman–Crippen LogP) is 4.24. The summed E-state index contributed by atoms with van der Waals surface area (Å²) in [5, 5.41) is 18.9. The van der Waals surface area contributed by atoms with Gasteiger partial charge in [0.15, 0.2) is 46.3 Å². The van der Waals surface area contributed by atoms with Crippen molar-refractivity contribution >= 4 is 7.82 Å². The molecule has 0 atom stereocenters. The first-order valence-corrected chi connectivity index (χ1v) is 13.8. The van der Waals surface area contributed by atoms with Gasteiger partial charge in [-0.1, -0.05) is 52.0 Å². The number of hydrogen-bond acceptors (Lipinski definition) is 6. The zero-order valence-corrected chi connectivity index (χ0v) is 26.3. The van der Waals surface area contributed by atoms with Gasteiger partial charge in [0, 0.05) is 10.8 Å². The largest absolute Gasteiger partial charge is 1.00 e. The summed E-state index contributed by atoms with van der Waals surface area (Å²) >= 11 is 0. The second-order valence-corrected chi connectivity index (χ2v) is 11.8. The Hall–Kier alpha value is -3.01. The molecule has 0 unspecified atom stereocenters. The molecule has 12 heteroatoms. The summed E-state index contributed by atoms with van der Waals surface area (Å²) in [5.74, 6) is -6.29. The van der Waals surface area contributed by atoms with E-state index in [4.69, 9.17) is 9.05 Å². The number of phenols is 2. The fraction of sp³-hybridized carbons (Fsp3) is 0.200. The summed E-state index contributed by atoms with van der Waals surface area (Å²) in [6.45, 7) is 6.73. The molecule has 2 N–H and O–H groups in total. The van der Waals surface area contributed by atoms with Crippen LogP contribution in [-0.4, -0.2) is 10.2 Å². The van der Waals surface area contributed by atoms with Crippen molar-refractivity contribution in [1.29, 1.82) is 0 Å². The van der Waals surface area contributed by atoms with Crippen LogP contribution in [0.15, 0.2) is 72.8 Å². The van der Waals surface area contributed by atoms with Crippen molar-refractivity contribution in [3.63, 3.8) is 0 Å². The molecular formula is C30H26F4NaO6P. The number of phenolic OH excluding ortho intramolecular Hbond substituents is 2. The molecule has 0 aliphatic rings. The van der Waals surface area contributed by atoms with Gasteiger partial charge in [0.05, 0.1) is 0 Å². The normalized spacial score (nSPS) is 12.0. The Kier molecular flexibility index (Phi) is 9.81. The molecule has 0 bridgehead atoms. The van der Waals surface area contributed by atoms with Gasteiger partial charge in [-0.2, -0.15) is 0 Å². The van der Waals surface area contributed by atoms with Gasteiger partial charge in [-0.3, -0.25) is 0 Å². The fourth-order valence-electron chi connectivity index (χ4n) is 4.31. The van der Waals surface area contributed by atoms with Crippen molar-refractivity contribution in [3.05, 3.63) is 118 Å². The number of rotatable bonds is 8. The molecule has 6 nitrogen and oxygen atoms in total. The number of halogens is 4. The molecule has 0 aliphatic heterocycles. The van der Waals surface area contributed by atoms with E-state index in [1.165, 1.54) is 36.4 Å². The molecule has 0 fully saturated rings. The van der Waals surface area contributed by atoms with Crippen LogP contribution in [0, 0.1) is 23.3 Å². The van der Waals surface area contributed by atoms with E-state index in [-0.39, 0.29) is 29.6 Å². The number of aromatic hydroxyl groups is 2. The molecular weight excluding hydrogens is 586 g/mol. The Morgan fingerprint density at radius 3 is 1.17 bits per heavy atom. The van der Waals surface area contributed by atoms with Crippen LogP contribution < -0.4 is 43.5 Å². The van der Waals surface area contributed by atoms with Crippen molar-refractivity contribution in [2.75, 3.05) is 0 Å².